The summed E-state index contributed by atoms with van der Waals surface area (Å²) in [6.45, 7) is 13.0. The van der Waals surface area contributed by atoms with Gasteiger partial charge in [0.2, 0.25) is 5.91 Å². The van der Waals surface area contributed by atoms with Crippen molar-refractivity contribution in [3.8, 4) is 0 Å². The number of Topliss-reactive ketones (excluding diaryl/α,β-unsaturated/α-hetero) is 2. The summed E-state index contributed by atoms with van der Waals surface area (Å²) >= 11 is 0. The van der Waals surface area contributed by atoms with Crippen LogP contribution in [-0.2, 0) is 47.6 Å². The molecule has 0 aromatic carbocycles. The molecule has 50 heavy (non-hydrogen) atoms. The Morgan fingerprint density at radius 3 is 2.26 bits per heavy atom. The predicted molar refractivity (Wildman–Crippen MR) is 181 cm³/mol. The first-order chi connectivity index (χ1) is 23.2. The van der Waals surface area contributed by atoms with Gasteiger partial charge in [-0.3, -0.25) is 14.4 Å². The Morgan fingerprint density at radius 2 is 1.70 bits per heavy atom. The van der Waals surface area contributed by atoms with Crippen molar-refractivity contribution in [1.29, 1.82) is 0 Å². The summed E-state index contributed by atoms with van der Waals surface area (Å²) in [7, 11) is 5.32. The van der Waals surface area contributed by atoms with Gasteiger partial charge in [0, 0.05) is 37.1 Å². The Hall–Kier alpha value is -2.20. The number of ketones is 2. The van der Waals surface area contributed by atoms with Crippen molar-refractivity contribution >= 4 is 29.2 Å². The fraction of sp³-hybridized carbons (Fsp3) is 0.861. The van der Waals surface area contributed by atoms with Gasteiger partial charge in [0.1, 0.15) is 31.0 Å². The van der Waals surface area contributed by atoms with Crippen LogP contribution in [0.3, 0.4) is 0 Å². The summed E-state index contributed by atoms with van der Waals surface area (Å²) in [4.78, 5) is 60.6. The molecular formula is C36H59FN2O11. The third-order valence-corrected chi connectivity index (χ3v) is 10.6. The lowest BCUT2D eigenvalue weighted by molar-refractivity contribution is -0.300. The predicted octanol–water partition coefficient (Wildman–Crippen LogP) is 3.25. The number of carbonyl (C=O) groups is 4. The van der Waals surface area contributed by atoms with E-state index in [1.54, 1.807) is 27.7 Å². The summed E-state index contributed by atoms with van der Waals surface area (Å²) in [6.07, 6.45) is -5.22. The molecule has 3 aliphatic rings. The van der Waals surface area contributed by atoms with Gasteiger partial charge in [-0.25, -0.2) is 14.2 Å². The number of methoxy groups -OCH3 is 1. The minimum atomic E-state index is -3.17. The molecule has 2 bridgehead atoms. The Kier molecular flexibility index (Phi) is 14.1. The molecule has 0 radical (unpaired) electrons. The third kappa shape index (κ3) is 8.87. The fourth-order valence-corrected chi connectivity index (χ4v) is 7.84. The second kappa shape index (κ2) is 16.6. The minimum absolute atomic E-state index is 0.00454. The van der Waals surface area contributed by atoms with Gasteiger partial charge in [0.05, 0.1) is 23.9 Å². The lowest BCUT2D eigenvalue weighted by Gasteiger charge is -2.48. The number of hydrogen-bond donors (Lipinski definition) is 1. The molecule has 3 rings (SSSR count). The van der Waals surface area contributed by atoms with E-state index < -0.39 is 102 Å². The average Bonchev–Trinajstić information content (AvgIpc) is 3.06. The second-order valence-electron chi connectivity index (χ2n) is 15.1. The van der Waals surface area contributed by atoms with Gasteiger partial charge in [-0.15, -0.1) is 0 Å². The van der Waals surface area contributed by atoms with E-state index in [1.165, 1.54) is 21.0 Å². The van der Waals surface area contributed by atoms with Gasteiger partial charge >= 0.3 is 5.97 Å². The van der Waals surface area contributed by atoms with E-state index in [1.807, 2.05) is 32.8 Å². The number of alkyl halides is 1. The monoisotopic (exact) mass is 714 g/mol. The highest BCUT2D eigenvalue weighted by molar-refractivity contribution is 6.08. The SMILES string of the molecule is CCC(=O)N=C1[C@H](C)C[C@@]2(C)OCC(=O)CO[C@H]([C@H]1C)[C@](C)(O)[C@@H](CC)OC(=O)[C@@](C)(F)C(=O)[C@H](C)[C@H]2O[C@@H]1O[C@H](C)C[C@H](N(C)C)[C@H]1OC. The lowest BCUT2D eigenvalue weighted by Crippen LogP contribution is -2.61. The van der Waals surface area contributed by atoms with E-state index in [-0.39, 0.29) is 31.4 Å². The van der Waals surface area contributed by atoms with Crippen molar-refractivity contribution in [1.82, 2.24) is 4.90 Å². The molecule has 14 heteroatoms. The molecule has 286 valence electrons. The van der Waals surface area contributed by atoms with E-state index in [2.05, 4.69) is 4.99 Å². The summed E-state index contributed by atoms with van der Waals surface area (Å²) in [5.74, 6) is -6.33. The maximum Gasteiger partial charge on any atom is 0.351 e. The smallest absolute Gasteiger partial charge is 0.351 e. The van der Waals surface area contributed by atoms with Gasteiger partial charge < -0.3 is 38.4 Å². The fourth-order valence-electron chi connectivity index (χ4n) is 7.84. The molecule has 0 aromatic heterocycles. The average molecular weight is 715 g/mol. The number of amides is 1. The number of ether oxygens (including phenoxy) is 6. The highest BCUT2D eigenvalue weighted by Gasteiger charge is 2.57. The number of aliphatic imine (C=N–C) groups is 1. The van der Waals surface area contributed by atoms with Crippen molar-refractivity contribution in [3.05, 3.63) is 0 Å². The van der Waals surface area contributed by atoms with Crippen LogP contribution in [0.1, 0.15) is 88.0 Å². The van der Waals surface area contributed by atoms with Crippen LogP contribution >= 0.6 is 0 Å². The van der Waals surface area contributed by atoms with Crippen molar-refractivity contribution in [3.63, 3.8) is 0 Å². The van der Waals surface area contributed by atoms with E-state index in [0.717, 1.165) is 6.92 Å². The molecule has 0 aliphatic carbocycles. The molecule has 1 amide bonds. The molecule has 0 spiro atoms. The Labute approximate surface area is 295 Å². The van der Waals surface area contributed by atoms with Crippen LogP contribution in [0, 0.1) is 17.8 Å². The van der Waals surface area contributed by atoms with Gasteiger partial charge in [0.15, 0.2) is 17.9 Å². The molecule has 1 N–H and O–H groups in total. The number of esters is 1. The van der Waals surface area contributed by atoms with Crippen LogP contribution < -0.4 is 0 Å². The summed E-state index contributed by atoms with van der Waals surface area (Å²) in [6, 6.07) is -0.158. The van der Waals surface area contributed by atoms with Gasteiger partial charge in [0.25, 0.3) is 5.67 Å². The number of fused-ring (bicyclic) bond motifs is 5. The molecule has 0 saturated carbocycles. The standard InChI is InChI=1S/C36H59FN2O11/c1-13-25-36(9,44)31-21(5)27(38-26(41)14-2)19(3)16-34(7,47-18-23(40)17-46-31)30(22(6)29(42)35(8,37)33(43)49-25)50-32-28(45-12)24(39(10)11)15-20(4)48-32/h19-22,24-25,28,30-32,44H,13-18H2,1-12H3/t19-,20-,21+,22+,24+,25-,28-,30-,31-,32+,34-,35+,36-/m1/s1. The summed E-state index contributed by atoms with van der Waals surface area (Å²) < 4.78 is 53.6. The Morgan fingerprint density at radius 1 is 1.06 bits per heavy atom. The maximum atomic E-state index is 16.6. The molecular weight excluding hydrogens is 655 g/mol. The number of likely N-dealkylation sites (N-methyl/N-ethyl adjacent to an activating group) is 1. The minimum Gasteiger partial charge on any atom is -0.457 e. The van der Waals surface area contributed by atoms with E-state index >= 15 is 4.39 Å². The zero-order valence-corrected chi connectivity index (χ0v) is 31.8. The number of nitrogens with zero attached hydrogens (tertiary/aromatic N) is 2. The van der Waals surface area contributed by atoms with E-state index in [4.69, 9.17) is 28.4 Å². The largest absolute Gasteiger partial charge is 0.457 e. The van der Waals surface area contributed by atoms with Crippen molar-refractivity contribution in [2.24, 2.45) is 22.7 Å². The third-order valence-electron chi connectivity index (χ3n) is 10.6. The van der Waals surface area contributed by atoms with Crippen molar-refractivity contribution in [2.45, 2.75) is 148 Å². The number of carbonyl (C=O) groups excluding carboxylic acids is 4. The van der Waals surface area contributed by atoms with Gasteiger partial charge in [-0.2, -0.15) is 0 Å². The first-order valence-electron chi connectivity index (χ1n) is 17.7. The molecule has 3 saturated heterocycles. The highest BCUT2D eigenvalue weighted by atomic mass is 19.1. The number of cyclic esters (lactones) is 1. The summed E-state index contributed by atoms with van der Waals surface area (Å²) in [5.41, 5.74) is -6.39. The molecule has 13 nitrogen and oxygen atoms in total. The first-order valence-corrected chi connectivity index (χ1v) is 17.7. The summed E-state index contributed by atoms with van der Waals surface area (Å²) in [5, 5.41) is 12.0. The van der Waals surface area contributed by atoms with Crippen LogP contribution in [0.4, 0.5) is 4.39 Å². The molecule has 0 aromatic rings. The van der Waals surface area contributed by atoms with Gasteiger partial charge in [-0.05, 0) is 67.0 Å². The van der Waals surface area contributed by atoms with Crippen LogP contribution in [0.2, 0.25) is 0 Å². The van der Waals surface area contributed by atoms with Gasteiger partial charge in [-0.1, -0.05) is 34.6 Å². The Balaban J connectivity index is 2.36. The topological polar surface area (TPSA) is 159 Å². The second-order valence-corrected chi connectivity index (χ2v) is 15.1. The highest BCUT2D eigenvalue weighted by Crippen LogP contribution is 2.41. The first kappa shape index (κ1) is 42.2. The lowest BCUT2D eigenvalue weighted by atomic mass is 9.73. The molecule has 13 atom stereocenters. The Bertz CT molecular complexity index is 1270. The van der Waals surface area contributed by atoms with Crippen LogP contribution in [0.15, 0.2) is 4.99 Å². The molecule has 3 fully saturated rings. The van der Waals surface area contributed by atoms with Crippen molar-refractivity contribution in [2.75, 3.05) is 34.4 Å². The van der Waals surface area contributed by atoms with Crippen LogP contribution in [0.25, 0.3) is 0 Å². The number of hydrogen-bond acceptors (Lipinski definition) is 12. The maximum absolute atomic E-state index is 16.6. The zero-order valence-electron chi connectivity index (χ0n) is 31.8. The molecule has 0 unspecified atom stereocenters. The normalized spacial score (nSPS) is 43.6. The number of rotatable bonds is 6. The van der Waals surface area contributed by atoms with E-state index in [9.17, 15) is 24.3 Å². The molecule has 3 aliphatic heterocycles. The number of halogens is 1. The zero-order chi connectivity index (χ0) is 37.9. The van der Waals surface area contributed by atoms with Crippen LogP contribution in [0.5, 0.6) is 0 Å². The quantitative estimate of drug-likeness (QED) is 0.317. The molecule has 3 heterocycles. The van der Waals surface area contributed by atoms with Crippen molar-refractivity contribution < 1.29 is 57.1 Å². The van der Waals surface area contributed by atoms with E-state index in [0.29, 0.717) is 12.1 Å². The van der Waals surface area contributed by atoms with Crippen LogP contribution in [-0.4, -0.2) is 133 Å². The number of aliphatic hydroxyl groups is 1.